The van der Waals surface area contributed by atoms with Gasteiger partial charge in [-0.05, 0) is 19.4 Å². The Morgan fingerprint density at radius 1 is 1.57 bits per heavy atom. The summed E-state index contributed by atoms with van der Waals surface area (Å²) in [5.74, 6) is 1.00. The predicted molar refractivity (Wildman–Crippen MR) is 60.4 cm³/mol. The van der Waals surface area contributed by atoms with E-state index in [0.717, 1.165) is 24.3 Å². The molecule has 0 radical (unpaired) electrons. The molecule has 1 heterocycles. The predicted octanol–water partition coefficient (Wildman–Crippen LogP) is 1.95. The van der Waals surface area contributed by atoms with Gasteiger partial charge in [0.2, 0.25) is 0 Å². The fourth-order valence-corrected chi connectivity index (χ4v) is 1.53. The van der Waals surface area contributed by atoms with Gasteiger partial charge in [0.05, 0.1) is 0 Å². The second-order valence-corrected chi connectivity index (χ2v) is 3.63. The highest BCUT2D eigenvalue weighted by Crippen LogP contribution is 2.21. The first-order valence-electron chi connectivity index (χ1n) is 5.08. The number of hydrogen-bond donors (Lipinski definition) is 1. The minimum absolute atomic E-state index is 0.0398. The zero-order chi connectivity index (χ0) is 10.6. The number of hydrogen-bond acceptors (Lipinski definition) is 3. The number of nitrogens with zero attached hydrogens (tertiary/aromatic N) is 2. The second kappa shape index (κ2) is 4.96. The van der Waals surface area contributed by atoms with E-state index in [0.29, 0.717) is 0 Å². The molecule has 1 rings (SSSR count). The van der Waals surface area contributed by atoms with Crippen LogP contribution in [-0.2, 0) is 0 Å². The van der Waals surface area contributed by atoms with Crippen LogP contribution < -0.4 is 10.6 Å². The molecule has 1 aromatic heterocycles. The zero-order valence-electron chi connectivity index (χ0n) is 9.20. The van der Waals surface area contributed by atoms with Crippen molar-refractivity contribution in [1.29, 1.82) is 0 Å². The molecular weight excluding hydrogens is 174 g/mol. The lowest BCUT2D eigenvalue weighted by atomic mass is 10.1. The molecule has 0 aliphatic carbocycles. The van der Waals surface area contributed by atoms with E-state index in [1.807, 2.05) is 25.3 Å². The van der Waals surface area contributed by atoms with Crippen LogP contribution in [0.15, 0.2) is 18.3 Å². The summed E-state index contributed by atoms with van der Waals surface area (Å²) in [6, 6.07) is 4.01. The maximum atomic E-state index is 5.88. The molecule has 0 amide bonds. The Morgan fingerprint density at radius 2 is 2.29 bits per heavy atom. The van der Waals surface area contributed by atoms with Gasteiger partial charge in [-0.25, -0.2) is 4.98 Å². The fraction of sp³-hybridized carbons (Fsp3) is 0.545. The van der Waals surface area contributed by atoms with E-state index in [2.05, 4.69) is 23.9 Å². The first-order chi connectivity index (χ1) is 6.66. The molecular formula is C11H19N3. The highest BCUT2D eigenvalue weighted by atomic mass is 15.2. The number of nitrogens with two attached hydrogens (primary N) is 1. The molecule has 14 heavy (non-hydrogen) atoms. The Labute approximate surface area is 85.9 Å². The lowest BCUT2D eigenvalue weighted by molar-refractivity contribution is 0.778. The van der Waals surface area contributed by atoms with E-state index in [1.165, 1.54) is 0 Å². The molecule has 0 aromatic carbocycles. The molecule has 0 saturated carbocycles. The van der Waals surface area contributed by atoms with Crippen molar-refractivity contribution in [2.45, 2.75) is 26.3 Å². The Kier molecular flexibility index (Phi) is 3.89. The molecule has 3 heteroatoms. The number of anilines is 1. The Morgan fingerprint density at radius 3 is 2.86 bits per heavy atom. The van der Waals surface area contributed by atoms with Gasteiger partial charge < -0.3 is 10.6 Å². The molecule has 0 spiro atoms. The van der Waals surface area contributed by atoms with Gasteiger partial charge in [0.1, 0.15) is 5.82 Å². The highest BCUT2D eigenvalue weighted by molar-refractivity contribution is 5.47. The van der Waals surface area contributed by atoms with E-state index in [-0.39, 0.29) is 6.04 Å². The molecule has 0 aliphatic rings. The van der Waals surface area contributed by atoms with Crippen LogP contribution in [-0.4, -0.2) is 18.6 Å². The van der Waals surface area contributed by atoms with E-state index >= 15 is 0 Å². The van der Waals surface area contributed by atoms with Gasteiger partial charge in [-0.2, -0.15) is 0 Å². The molecule has 3 nitrogen and oxygen atoms in total. The van der Waals surface area contributed by atoms with Gasteiger partial charge in [0, 0.05) is 31.4 Å². The standard InChI is InChI=1S/C11H19N3/c1-4-8-14(3)11-10(9(2)12)6-5-7-13-11/h5-7,9H,4,8,12H2,1-3H3. The Balaban J connectivity index is 2.94. The average Bonchev–Trinajstić information content (AvgIpc) is 2.18. The molecule has 1 unspecified atom stereocenters. The van der Waals surface area contributed by atoms with Crippen LogP contribution >= 0.6 is 0 Å². The van der Waals surface area contributed by atoms with Crippen molar-refractivity contribution in [3.05, 3.63) is 23.9 Å². The first-order valence-corrected chi connectivity index (χ1v) is 5.08. The van der Waals surface area contributed by atoms with E-state index in [1.54, 1.807) is 0 Å². The molecule has 0 fully saturated rings. The van der Waals surface area contributed by atoms with Crippen LogP contribution in [0.1, 0.15) is 31.9 Å². The van der Waals surface area contributed by atoms with E-state index in [4.69, 9.17) is 5.73 Å². The first kappa shape index (κ1) is 11.0. The van der Waals surface area contributed by atoms with Gasteiger partial charge in [0.15, 0.2) is 0 Å². The van der Waals surface area contributed by atoms with Crippen molar-refractivity contribution in [3.8, 4) is 0 Å². The smallest absolute Gasteiger partial charge is 0.133 e. The van der Waals surface area contributed by atoms with Crippen LogP contribution in [0.5, 0.6) is 0 Å². The van der Waals surface area contributed by atoms with Crippen LogP contribution in [0, 0.1) is 0 Å². The summed E-state index contributed by atoms with van der Waals surface area (Å²) in [6.07, 6.45) is 2.93. The molecule has 78 valence electrons. The fourth-order valence-electron chi connectivity index (χ4n) is 1.53. The summed E-state index contributed by atoms with van der Waals surface area (Å²) in [7, 11) is 2.05. The summed E-state index contributed by atoms with van der Waals surface area (Å²) in [5, 5.41) is 0. The third-order valence-corrected chi connectivity index (χ3v) is 2.23. The molecule has 0 bridgehead atoms. The topological polar surface area (TPSA) is 42.2 Å². The summed E-state index contributed by atoms with van der Waals surface area (Å²) in [5.41, 5.74) is 7.00. The molecule has 1 aromatic rings. The van der Waals surface area contributed by atoms with Crippen LogP contribution in [0.4, 0.5) is 5.82 Å². The monoisotopic (exact) mass is 193 g/mol. The van der Waals surface area contributed by atoms with Gasteiger partial charge in [0.25, 0.3) is 0 Å². The Bertz CT molecular complexity index is 284. The van der Waals surface area contributed by atoms with Crippen molar-refractivity contribution in [2.24, 2.45) is 5.73 Å². The van der Waals surface area contributed by atoms with E-state index < -0.39 is 0 Å². The highest BCUT2D eigenvalue weighted by Gasteiger charge is 2.10. The maximum absolute atomic E-state index is 5.88. The van der Waals surface area contributed by atoms with Crippen LogP contribution in [0.3, 0.4) is 0 Å². The van der Waals surface area contributed by atoms with Gasteiger partial charge in [-0.3, -0.25) is 0 Å². The lowest BCUT2D eigenvalue weighted by Gasteiger charge is -2.21. The molecule has 2 N–H and O–H groups in total. The summed E-state index contributed by atoms with van der Waals surface area (Å²) in [6.45, 7) is 5.15. The van der Waals surface area contributed by atoms with Crippen molar-refractivity contribution in [2.75, 3.05) is 18.5 Å². The van der Waals surface area contributed by atoms with Gasteiger partial charge >= 0.3 is 0 Å². The number of pyridine rings is 1. The number of rotatable bonds is 4. The Hall–Kier alpha value is -1.09. The quantitative estimate of drug-likeness (QED) is 0.794. The largest absolute Gasteiger partial charge is 0.359 e. The summed E-state index contributed by atoms with van der Waals surface area (Å²) in [4.78, 5) is 6.52. The second-order valence-electron chi connectivity index (χ2n) is 3.63. The lowest BCUT2D eigenvalue weighted by Crippen LogP contribution is -2.22. The normalized spacial score (nSPS) is 12.6. The van der Waals surface area contributed by atoms with Crippen molar-refractivity contribution >= 4 is 5.82 Å². The SMILES string of the molecule is CCCN(C)c1ncccc1C(C)N. The molecule has 0 saturated heterocycles. The average molecular weight is 193 g/mol. The number of aromatic nitrogens is 1. The third-order valence-electron chi connectivity index (χ3n) is 2.23. The molecule has 1 atom stereocenters. The van der Waals surface area contributed by atoms with E-state index in [9.17, 15) is 0 Å². The minimum Gasteiger partial charge on any atom is -0.359 e. The third kappa shape index (κ3) is 2.45. The maximum Gasteiger partial charge on any atom is 0.133 e. The van der Waals surface area contributed by atoms with Crippen molar-refractivity contribution in [3.63, 3.8) is 0 Å². The summed E-state index contributed by atoms with van der Waals surface area (Å²) >= 11 is 0. The van der Waals surface area contributed by atoms with Gasteiger partial charge in [-0.1, -0.05) is 13.0 Å². The minimum atomic E-state index is 0.0398. The van der Waals surface area contributed by atoms with Gasteiger partial charge in [-0.15, -0.1) is 0 Å². The van der Waals surface area contributed by atoms with Crippen LogP contribution in [0.2, 0.25) is 0 Å². The zero-order valence-corrected chi connectivity index (χ0v) is 9.20. The van der Waals surface area contributed by atoms with Crippen molar-refractivity contribution < 1.29 is 0 Å². The summed E-state index contributed by atoms with van der Waals surface area (Å²) < 4.78 is 0. The molecule has 0 aliphatic heterocycles. The van der Waals surface area contributed by atoms with Crippen molar-refractivity contribution in [1.82, 2.24) is 4.98 Å². The van der Waals surface area contributed by atoms with Crippen LogP contribution in [0.25, 0.3) is 0 Å².